The van der Waals surface area contributed by atoms with Gasteiger partial charge in [0.1, 0.15) is 0 Å². The number of rotatable bonds is 9. The van der Waals surface area contributed by atoms with E-state index in [1.165, 1.54) is 10.6 Å². The Kier molecular flexibility index (Phi) is 8.53. The molecular weight excluding hydrogens is 474 g/mol. The number of carbonyl (C=O) groups is 2. The van der Waals surface area contributed by atoms with Crippen LogP contribution in [0.2, 0.25) is 0 Å². The summed E-state index contributed by atoms with van der Waals surface area (Å²) < 4.78 is 26.5. The monoisotopic (exact) mass is 507 g/mol. The molecular formula is C28H33N3O4S. The Morgan fingerprint density at radius 1 is 0.944 bits per heavy atom. The molecule has 36 heavy (non-hydrogen) atoms. The van der Waals surface area contributed by atoms with Crippen molar-refractivity contribution < 1.29 is 18.0 Å². The molecule has 2 amide bonds. The van der Waals surface area contributed by atoms with Crippen LogP contribution in [0.25, 0.3) is 0 Å². The number of nitrogens with one attached hydrogen (secondary N) is 2. The van der Waals surface area contributed by atoms with Crippen molar-refractivity contribution in [2.75, 3.05) is 15.9 Å². The topological polar surface area (TPSA) is 95.6 Å². The van der Waals surface area contributed by atoms with Gasteiger partial charge >= 0.3 is 0 Å². The maximum Gasteiger partial charge on any atom is 0.255 e. The van der Waals surface area contributed by atoms with E-state index in [0.29, 0.717) is 22.5 Å². The molecule has 0 bridgehead atoms. The van der Waals surface area contributed by atoms with Gasteiger partial charge in [0.25, 0.3) is 11.8 Å². The van der Waals surface area contributed by atoms with E-state index in [-0.39, 0.29) is 24.4 Å². The van der Waals surface area contributed by atoms with Crippen molar-refractivity contribution in [2.24, 2.45) is 0 Å². The van der Waals surface area contributed by atoms with Gasteiger partial charge in [-0.15, -0.1) is 0 Å². The molecule has 190 valence electrons. The Balaban J connectivity index is 1.78. The number of benzene rings is 3. The minimum absolute atomic E-state index is 0.0175. The highest BCUT2D eigenvalue weighted by Crippen LogP contribution is 2.26. The van der Waals surface area contributed by atoms with Crippen LogP contribution in [0.1, 0.15) is 57.7 Å². The maximum atomic E-state index is 12.9. The van der Waals surface area contributed by atoms with Crippen LogP contribution in [0.15, 0.2) is 66.7 Å². The Bertz CT molecular complexity index is 1350. The third kappa shape index (κ3) is 6.73. The van der Waals surface area contributed by atoms with Gasteiger partial charge in [0, 0.05) is 11.6 Å². The van der Waals surface area contributed by atoms with Crippen LogP contribution in [0.5, 0.6) is 0 Å². The molecule has 0 aliphatic carbocycles. The number of para-hydroxylation sites is 1. The highest BCUT2D eigenvalue weighted by atomic mass is 32.2. The largest absolute Gasteiger partial charge is 0.350 e. The van der Waals surface area contributed by atoms with E-state index in [4.69, 9.17) is 0 Å². The van der Waals surface area contributed by atoms with Gasteiger partial charge in [0.2, 0.25) is 10.0 Å². The minimum Gasteiger partial charge on any atom is -0.350 e. The maximum absolute atomic E-state index is 12.9. The average Bonchev–Trinajstić information content (AvgIpc) is 2.84. The lowest BCUT2D eigenvalue weighted by Gasteiger charge is -2.25. The zero-order chi connectivity index (χ0) is 26.5. The van der Waals surface area contributed by atoms with E-state index in [1.54, 1.807) is 48.5 Å². The zero-order valence-corrected chi connectivity index (χ0v) is 22.1. The standard InChI is InChI=1S/C28H33N3O4S/c1-6-21(4)29-28(33)24-9-7-8-10-25(24)30-27(32)23-15-13-22(14-16-23)18-31(36(5,34)35)26-17-19(2)11-12-20(26)3/h7-17,21H,6,18H2,1-5H3,(H,29,33)(H,30,32)/t21-/m0/s1. The lowest BCUT2D eigenvalue weighted by Crippen LogP contribution is -2.32. The molecule has 0 saturated carbocycles. The van der Waals surface area contributed by atoms with Crippen LogP contribution in [0.4, 0.5) is 11.4 Å². The summed E-state index contributed by atoms with van der Waals surface area (Å²) in [6, 6.07) is 19.3. The van der Waals surface area contributed by atoms with Crippen molar-refractivity contribution in [1.29, 1.82) is 0 Å². The van der Waals surface area contributed by atoms with Crippen LogP contribution in [0.3, 0.4) is 0 Å². The molecule has 3 rings (SSSR count). The van der Waals surface area contributed by atoms with Crippen molar-refractivity contribution >= 4 is 33.2 Å². The molecule has 0 fully saturated rings. The number of hydrogen-bond acceptors (Lipinski definition) is 4. The molecule has 0 radical (unpaired) electrons. The Morgan fingerprint density at radius 3 is 2.25 bits per heavy atom. The molecule has 0 saturated heterocycles. The van der Waals surface area contributed by atoms with Crippen LogP contribution in [0, 0.1) is 13.8 Å². The highest BCUT2D eigenvalue weighted by Gasteiger charge is 2.20. The van der Waals surface area contributed by atoms with Crippen LogP contribution in [-0.2, 0) is 16.6 Å². The summed E-state index contributed by atoms with van der Waals surface area (Å²) in [6.45, 7) is 7.85. The highest BCUT2D eigenvalue weighted by molar-refractivity contribution is 7.92. The third-order valence-electron chi connectivity index (χ3n) is 5.99. The van der Waals surface area contributed by atoms with Crippen molar-refractivity contribution in [1.82, 2.24) is 5.32 Å². The predicted octanol–water partition coefficient (Wildman–Crippen LogP) is 5.05. The second-order valence-corrected chi connectivity index (χ2v) is 10.9. The van der Waals surface area contributed by atoms with Gasteiger partial charge < -0.3 is 10.6 Å². The van der Waals surface area contributed by atoms with E-state index >= 15 is 0 Å². The predicted molar refractivity (Wildman–Crippen MR) is 145 cm³/mol. The molecule has 3 aromatic carbocycles. The van der Waals surface area contributed by atoms with Gasteiger partial charge in [-0.25, -0.2) is 8.42 Å². The summed E-state index contributed by atoms with van der Waals surface area (Å²) in [6.07, 6.45) is 1.98. The summed E-state index contributed by atoms with van der Waals surface area (Å²) in [5, 5.41) is 5.73. The number of anilines is 2. The van der Waals surface area contributed by atoms with Crippen molar-refractivity contribution in [3.8, 4) is 0 Å². The molecule has 2 N–H and O–H groups in total. The summed E-state index contributed by atoms with van der Waals surface area (Å²) >= 11 is 0. The average molecular weight is 508 g/mol. The number of carbonyl (C=O) groups excluding carboxylic acids is 2. The van der Waals surface area contributed by atoms with Crippen molar-refractivity contribution in [2.45, 2.75) is 46.7 Å². The Hall–Kier alpha value is -3.65. The Labute approximate surface area is 213 Å². The van der Waals surface area contributed by atoms with Gasteiger partial charge in [-0.05, 0) is 74.2 Å². The summed E-state index contributed by atoms with van der Waals surface area (Å²) in [5.41, 5.74) is 4.41. The summed E-state index contributed by atoms with van der Waals surface area (Å²) in [5.74, 6) is -0.609. The fourth-order valence-corrected chi connectivity index (χ4v) is 4.62. The molecule has 0 heterocycles. The van der Waals surface area contributed by atoms with Gasteiger partial charge in [-0.2, -0.15) is 0 Å². The molecule has 0 aliphatic heterocycles. The van der Waals surface area contributed by atoms with E-state index in [2.05, 4.69) is 10.6 Å². The van der Waals surface area contributed by atoms with Crippen molar-refractivity contribution in [3.63, 3.8) is 0 Å². The zero-order valence-electron chi connectivity index (χ0n) is 21.3. The number of sulfonamides is 1. The normalized spacial score (nSPS) is 12.0. The molecule has 3 aromatic rings. The summed E-state index contributed by atoms with van der Waals surface area (Å²) in [7, 11) is -3.53. The number of aryl methyl sites for hydroxylation is 2. The number of amides is 2. The van der Waals surface area contributed by atoms with Crippen molar-refractivity contribution in [3.05, 3.63) is 94.5 Å². The van der Waals surface area contributed by atoms with Crippen LogP contribution in [-0.4, -0.2) is 32.5 Å². The Morgan fingerprint density at radius 2 is 1.61 bits per heavy atom. The molecule has 0 spiro atoms. The van der Waals surface area contributed by atoms with Gasteiger partial charge in [0.05, 0.1) is 29.7 Å². The fraction of sp³-hybridized carbons (Fsp3) is 0.286. The molecule has 7 nitrogen and oxygen atoms in total. The molecule has 0 aromatic heterocycles. The second kappa shape index (κ2) is 11.4. The van der Waals surface area contributed by atoms with Gasteiger partial charge in [-0.1, -0.05) is 43.3 Å². The van der Waals surface area contributed by atoms with Crippen LogP contribution < -0.4 is 14.9 Å². The van der Waals surface area contributed by atoms with Crippen LogP contribution >= 0.6 is 0 Å². The number of nitrogens with zero attached hydrogens (tertiary/aromatic N) is 1. The second-order valence-electron chi connectivity index (χ2n) is 9.04. The van der Waals surface area contributed by atoms with Gasteiger partial charge in [0.15, 0.2) is 0 Å². The number of hydrogen-bond donors (Lipinski definition) is 2. The molecule has 1 atom stereocenters. The van der Waals surface area contributed by atoms with E-state index in [0.717, 1.165) is 23.1 Å². The smallest absolute Gasteiger partial charge is 0.255 e. The minimum atomic E-state index is -3.53. The molecule has 0 aliphatic rings. The first-order valence-electron chi connectivity index (χ1n) is 11.8. The molecule has 8 heteroatoms. The van der Waals surface area contributed by atoms with E-state index in [9.17, 15) is 18.0 Å². The lowest BCUT2D eigenvalue weighted by atomic mass is 10.1. The third-order valence-corrected chi connectivity index (χ3v) is 7.11. The molecule has 0 unspecified atom stereocenters. The fourth-order valence-electron chi connectivity index (χ4n) is 3.68. The van der Waals surface area contributed by atoms with E-state index < -0.39 is 10.0 Å². The summed E-state index contributed by atoms with van der Waals surface area (Å²) in [4.78, 5) is 25.5. The van der Waals surface area contributed by atoms with E-state index in [1.807, 2.05) is 45.9 Å². The van der Waals surface area contributed by atoms with Gasteiger partial charge in [-0.3, -0.25) is 13.9 Å². The lowest BCUT2D eigenvalue weighted by molar-refractivity contribution is 0.0940. The first-order chi connectivity index (χ1) is 17.0. The SMILES string of the molecule is CC[C@H](C)NC(=O)c1ccccc1NC(=O)c1ccc(CN(c2cc(C)ccc2C)S(C)(=O)=O)cc1. The quantitative estimate of drug-likeness (QED) is 0.424. The first-order valence-corrected chi connectivity index (χ1v) is 13.7. The first kappa shape index (κ1) is 26.9.